The molecule has 2 aromatic rings. The van der Waals surface area contributed by atoms with Crippen molar-refractivity contribution >= 4 is 23.1 Å². The molecule has 0 saturated heterocycles. The summed E-state index contributed by atoms with van der Waals surface area (Å²) in [5.41, 5.74) is 1.77. The molecular weight excluding hydrogens is 276 g/mol. The number of ether oxygens (including phenoxy) is 1. The Morgan fingerprint density at radius 3 is 2.80 bits per heavy atom. The van der Waals surface area contributed by atoms with Crippen molar-refractivity contribution in [3.05, 3.63) is 33.7 Å². The van der Waals surface area contributed by atoms with Crippen LogP contribution in [0.25, 0.3) is 0 Å². The van der Waals surface area contributed by atoms with Gasteiger partial charge in [-0.1, -0.05) is 0 Å². The van der Waals surface area contributed by atoms with Gasteiger partial charge in [0, 0.05) is 30.1 Å². The highest BCUT2D eigenvalue weighted by Crippen LogP contribution is 2.10. The summed E-state index contributed by atoms with van der Waals surface area (Å²) in [6, 6.07) is 1.79. The van der Waals surface area contributed by atoms with Crippen LogP contribution in [0.5, 0.6) is 0 Å². The van der Waals surface area contributed by atoms with Crippen molar-refractivity contribution in [1.29, 1.82) is 0 Å². The molecule has 20 heavy (non-hydrogen) atoms. The van der Waals surface area contributed by atoms with Crippen LogP contribution in [0.3, 0.4) is 0 Å². The Morgan fingerprint density at radius 2 is 2.15 bits per heavy atom. The number of aromatic nitrogens is 3. The lowest BCUT2D eigenvalue weighted by molar-refractivity contribution is 0.0586. The summed E-state index contributed by atoms with van der Waals surface area (Å²) in [4.78, 5) is 24.0. The third kappa shape index (κ3) is 3.74. The molecule has 106 valence electrons. The molecule has 2 aromatic heterocycles. The van der Waals surface area contributed by atoms with Gasteiger partial charge in [0.2, 0.25) is 5.82 Å². The van der Waals surface area contributed by atoms with Crippen LogP contribution < -0.4 is 5.32 Å². The third-order valence-corrected chi connectivity index (χ3v) is 3.40. The number of hydrogen-bond donors (Lipinski definition) is 1. The maximum Gasteiger partial charge on any atom is 0.376 e. The van der Waals surface area contributed by atoms with Crippen LogP contribution in [0.1, 0.15) is 27.0 Å². The molecule has 0 amide bonds. The summed E-state index contributed by atoms with van der Waals surface area (Å²) in [5, 5.41) is 6.27. The fraction of sp³-hybridized carbons (Fsp3) is 0.385. The van der Waals surface area contributed by atoms with Crippen LogP contribution in [-0.4, -0.2) is 34.6 Å². The van der Waals surface area contributed by atoms with E-state index in [0.717, 1.165) is 17.1 Å². The molecule has 2 heterocycles. The first kappa shape index (κ1) is 14.4. The molecule has 0 aliphatic carbocycles. The molecule has 6 nitrogen and oxygen atoms in total. The standard InChI is InChI=1S/C13H16N4O2S/c1-8-6-11(17-12(15-8)13(18)19-3)14-5-4-10-7-20-9(2)16-10/h6-7H,4-5H2,1-3H3,(H,14,15,17). The Labute approximate surface area is 121 Å². The van der Waals surface area contributed by atoms with Gasteiger partial charge < -0.3 is 10.1 Å². The van der Waals surface area contributed by atoms with Crippen molar-refractivity contribution in [2.24, 2.45) is 0 Å². The highest BCUT2D eigenvalue weighted by molar-refractivity contribution is 7.09. The number of thiazole rings is 1. The van der Waals surface area contributed by atoms with Gasteiger partial charge in [-0.3, -0.25) is 0 Å². The van der Waals surface area contributed by atoms with E-state index in [1.807, 2.05) is 19.2 Å². The molecule has 0 unspecified atom stereocenters. The third-order valence-electron chi connectivity index (χ3n) is 2.58. The zero-order chi connectivity index (χ0) is 14.5. The van der Waals surface area contributed by atoms with Gasteiger partial charge in [0.25, 0.3) is 0 Å². The van der Waals surface area contributed by atoms with Gasteiger partial charge in [-0.2, -0.15) is 0 Å². The average molecular weight is 292 g/mol. The lowest BCUT2D eigenvalue weighted by atomic mass is 10.3. The molecule has 0 radical (unpaired) electrons. The summed E-state index contributed by atoms with van der Waals surface area (Å²) in [6.07, 6.45) is 0.806. The van der Waals surface area contributed by atoms with Gasteiger partial charge in [0.1, 0.15) is 5.82 Å². The molecular formula is C13H16N4O2S. The van der Waals surface area contributed by atoms with E-state index in [0.29, 0.717) is 18.1 Å². The second-order valence-corrected chi connectivity index (χ2v) is 5.31. The topological polar surface area (TPSA) is 77.0 Å². The molecule has 2 rings (SSSR count). The van der Waals surface area contributed by atoms with Gasteiger partial charge in [0.05, 0.1) is 17.8 Å². The average Bonchev–Trinajstić information content (AvgIpc) is 2.83. The van der Waals surface area contributed by atoms with E-state index in [1.165, 1.54) is 7.11 Å². The molecule has 0 bridgehead atoms. The highest BCUT2D eigenvalue weighted by atomic mass is 32.1. The summed E-state index contributed by atoms with van der Waals surface area (Å²) >= 11 is 1.64. The first-order chi connectivity index (χ1) is 9.58. The predicted molar refractivity (Wildman–Crippen MR) is 77.2 cm³/mol. The van der Waals surface area contributed by atoms with Crippen LogP contribution >= 0.6 is 11.3 Å². The number of carbonyl (C=O) groups excluding carboxylic acids is 1. The van der Waals surface area contributed by atoms with Gasteiger partial charge >= 0.3 is 5.97 Å². The minimum Gasteiger partial charge on any atom is -0.463 e. The van der Waals surface area contributed by atoms with E-state index in [1.54, 1.807) is 17.4 Å². The summed E-state index contributed by atoms with van der Waals surface area (Å²) in [6.45, 7) is 4.49. The van der Waals surface area contributed by atoms with E-state index in [-0.39, 0.29) is 5.82 Å². The summed E-state index contributed by atoms with van der Waals surface area (Å²) in [5.74, 6) is 0.149. The van der Waals surface area contributed by atoms with Crippen LogP contribution in [0.15, 0.2) is 11.4 Å². The molecule has 0 aliphatic heterocycles. The zero-order valence-electron chi connectivity index (χ0n) is 11.6. The fourth-order valence-corrected chi connectivity index (χ4v) is 2.33. The van der Waals surface area contributed by atoms with Crippen molar-refractivity contribution in [2.75, 3.05) is 19.0 Å². The Morgan fingerprint density at radius 1 is 1.35 bits per heavy atom. The Bertz CT molecular complexity index is 612. The number of carbonyl (C=O) groups is 1. The van der Waals surface area contributed by atoms with Crippen LogP contribution in [0.4, 0.5) is 5.82 Å². The monoisotopic (exact) mass is 292 g/mol. The number of nitrogens with one attached hydrogen (secondary N) is 1. The quantitative estimate of drug-likeness (QED) is 0.849. The number of nitrogens with zero attached hydrogens (tertiary/aromatic N) is 3. The van der Waals surface area contributed by atoms with Crippen molar-refractivity contribution in [2.45, 2.75) is 20.3 Å². The number of aryl methyl sites for hydroxylation is 2. The smallest absolute Gasteiger partial charge is 0.376 e. The molecule has 0 aliphatic rings. The van der Waals surface area contributed by atoms with E-state index in [9.17, 15) is 4.79 Å². The Balaban J connectivity index is 1.98. The van der Waals surface area contributed by atoms with Crippen LogP contribution in [-0.2, 0) is 11.2 Å². The lowest BCUT2D eigenvalue weighted by Gasteiger charge is -2.07. The van der Waals surface area contributed by atoms with Gasteiger partial charge in [-0.15, -0.1) is 11.3 Å². The number of methoxy groups -OCH3 is 1. The number of anilines is 1. The second-order valence-electron chi connectivity index (χ2n) is 4.24. The lowest BCUT2D eigenvalue weighted by Crippen LogP contribution is -2.12. The normalized spacial score (nSPS) is 10.3. The van der Waals surface area contributed by atoms with E-state index < -0.39 is 5.97 Å². The fourth-order valence-electron chi connectivity index (χ4n) is 1.68. The Hall–Kier alpha value is -2.02. The molecule has 0 spiro atoms. The van der Waals surface area contributed by atoms with E-state index in [2.05, 4.69) is 25.0 Å². The minimum absolute atomic E-state index is 0.0690. The first-order valence-corrected chi connectivity index (χ1v) is 7.05. The van der Waals surface area contributed by atoms with Gasteiger partial charge in [-0.25, -0.2) is 19.7 Å². The Kier molecular flexibility index (Phi) is 4.62. The number of rotatable bonds is 5. The van der Waals surface area contributed by atoms with Crippen molar-refractivity contribution < 1.29 is 9.53 Å². The largest absolute Gasteiger partial charge is 0.463 e. The van der Waals surface area contributed by atoms with Crippen LogP contribution in [0.2, 0.25) is 0 Å². The molecule has 0 aromatic carbocycles. The summed E-state index contributed by atoms with van der Waals surface area (Å²) in [7, 11) is 1.31. The van der Waals surface area contributed by atoms with E-state index in [4.69, 9.17) is 0 Å². The maximum atomic E-state index is 11.4. The minimum atomic E-state index is -0.535. The SMILES string of the molecule is COC(=O)c1nc(C)cc(NCCc2csc(C)n2)n1. The van der Waals surface area contributed by atoms with E-state index >= 15 is 0 Å². The van der Waals surface area contributed by atoms with Crippen LogP contribution in [0, 0.1) is 13.8 Å². The molecule has 7 heteroatoms. The zero-order valence-corrected chi connectivity index (χ0v) is 12.5. The second kappa shape index (κ2) is 6.42. The number of hydrogen-bond acceptors (Lipinski definition) is 7. The predicted octanol–water partition coefficient (Wildman–Crippen LogP) is 1.99. The molecule has 0 atom stereocenters. The first-order valence-electron chi connectivity index (χ1n) is 6.17. The molecule has 0 fully saturated rings. The van der Waals surface area contributed by atoms with Gasteiger partial charge in [0.15, 0.2) is 0 Å². The van der Waals surface area contributed by atoms with Crippen molar-refractivity contribution in [3.8, 4) is 0 Å². The number of esters is 1. The summed E-state index contributed by atoms with van der Waals surface area (Å²) < 4.78 is 4.62. The van der Waals surface area contributed by atoms with Crippen molar-refractivity contribution in [3.63, 3.8) is 0 Å². The highest BCUT2D eigenvalue weighted by Gasteiger charge is 2.11. The maximum absolute atomic E-state index is 11.4. The molecule has 1 N–H and O–H groups in total. The molecule has 0 saturated carbocycles. The van der Waals surface area contributed by atoms with Crippen molar-refractivity contribution in [1.82, 2.24) is 15.0 Å². The van der Waals surface area contributed by atoms with Gasteiger partial charge in [-0.05, 0) is 13.8 Å².